The molecule has 0 bridgehead atoms. The molecule has 0 N–H and O–H groups in total. The highest BCUT2D eigenvalue weighted by atomic mass is 16.7. The Hall–Kier alpha value is -1.70. The molecular formula is C14H14O2. The van der Waals surface area contributed by atoms with Crippen LogP contribution in [0.2, 0.25) is 0 Å². The summed E-state index contributed by atoms with van der Waals surface area (Å²) in [4.78, 5) is 0. The third-order valence-electron chi connectivity index (χ3n) is 3.11. The molecule has 16 heavy (non-hydrogen) atoms. The smallest absolute Gasteiger partial charge is 0.248 e. The minimum absolute atomic E-state index is 0.500. The topological polar surface area (TPSA) is 18.5 Å². The Kier molecular flexibility index (Phi) is 1.87. The second kappa shape index (κ2) is 3.14. The molecule has 2 heteroatoms. The highest BCUT2D eigenvalue weighted by Crippen LogP contribution is 2.42. The van der Waals surface area contributed by atoms with Crippen LogP contribution in [0.5, 0.6) is 11.5 Å². The van der Waals surface area contributed by atoms with Gasteiger partial charge in [-0.05, 0) is 22.9 Å². The summed E-state index contributed by atoms with van der Waals surface area (Å²) in [6, 6.07) is 12.3. The number of ether oxygens (including phenoxy) is 2. The van der Waals surface area contributed by atoms with Crippen molar-refractivity contribution in [1.82, 2.24) is 0 Å². The fraction of sp³-hybridized carbons (Fsp3) is 0.286. The van der Waals surface area contributed by atoms with Crippen LogP contribution < -0.4 is 9.47 Å². The van der Waals surface area contributed by atoms with Crippen molar-refractivity contribution in [3.05, 3.63) is 36.4 Å². The third kappa shape index (κ3) is 1.33. The first-order valence-electron chi connectivity index (χ1n) is 5.61. The van der Waals surface area contributed by atoms with Crippen molar-refractivity contribution in [2.45, 2.75) is 26.1 Å². The Morgan fingerprint density at radius 1 is 1.00 bits per heavy atom. The predicted molar refractivity (Wildman–Crippen MR) is 63.9 cm³/mol. The molecule has 0 saturated carbocycles. The number of rotatable bonds is 1. The van der Waals surface area contributed by atoms with Crippen LogP contribution in [0.1, 0.15) is 20.3 Å². The molecule has 2 aromatic rings. The molecule has 0 radical (unpaired) electrons. The molecule has 82 valence electrons. The third-order valence-corrected chi connectivity index (χ3v) is 3.11. The summed E-state index contributed by atoms with van der Waals surface area (Å²) in [6.07, 6.45) is 0.831. The minimum Gasteiger partial charge on any atom is -0.449 e. The van der Waals surface area contributed by atoms with E-state index in [9.17, 15) is 0 Å². The lowest BCUT2D eigenvalue weighted by molar-refractivity contribution is -0.0639. The molecule has 0 amide bonds. The first-order valence-corrected chi connectivity index (χ1v) is 5.61. The van der Waals surface area contributed by atoms with E-state index in [0.717, 1.165) is 17.9 Å². The van der Waals surface area contributed by atoms with E-state index in [1.54, 1.807) is 0 Å². The molecule has 2 aromatic carbocycles. The van der Waals surface area contributed by atoms with Gasteiger partial charge in [-0.15, -0.1) is 0 Å². The molecule has 0 fully saturated rings. The zero-order valence-electron chi connectivity index (χ0n) is 9.49. The first-order chi connectivity index (χ1) is 7.70. The number of hydrogen-bond acceptors (Lipinski definition) is 2. The van der Waals surface area contributed by atoms with Crippen LogP contribution >= 0.6 is 0 Å². The Labute approximate surface area is 94.8 Å². The van der Waals surface area contributed by atoms with Crippen LogP contribution in [0.4, 0.5) is 0 Å². The average molecular weight is 214 g/mol. The van der Waals surface area contributed by atoms with E-state index in [4.69, 9.17) is 9.47 Å². The quantitative estimate of drug-likeness (QED) is 0.720. The maximum absolute atomic E-state index is 5.83. The summed E-state index contributed by atoms with van der Waals surface area (Å²) in [5.41, 5.74) is 0. The van der Waals surface area contributed by atoms with Crippen LogP contribution in [0.3, 0.4) is 0 Å². The van der Waals surface area contributed by atoms with Crippen molar-refractivity contribution in [3.63, 3.8) is 0 Å². The SMILES string of the molecule is CCC1(C)Oc2cc3ccccc3cc2O1. The minimum atomic E-state index is -0.500. The van der Waals surface area contributed by atoms with E-state index in [2.05, 4.69) is 19.1 Å². The van der Waals surface area contributed by atoms with Crippen molar-refractivity contribution < 1.29 is 9.47 Å². The van der Waals surface area contributed by atoms with Gasteiger partial charge in [-0.2, -0.15) is 0 Å². The lowest BCUT2D eigenvalue weighted by Crippen LogP contribution is -2.33. The Morgan fingerprint density at radius 2 is 1.50 bits per heavy atom. The van der Waals surface area contributed by atoms with E-state index < -0.39 is 5.79 Å². The largest absolute Gasteiger partial charge is 0.449 e. The van der Waals surface area contributed by atoms with Gasteiger partial charge >= 0.3 is 0 Å². The molecule has 0 saturated heterocycles. The van der Waals surface area contributed by atoms with E-state index in [1.165, 1.54) is 10.8 Å². The highest BCUT2D eigenvalue weighted by Gasteiger charge is 2.34. The van der Waals surface area contributed by atoms with E-state index in [1.807, 2.05) is 31.2 Å². The number of benzene rings is 2. The number of fused-ring (bicyclic) bond motifs is 2. The molecule has 0 aliphatic carbocycles. The van der Waals surface area contributed by atoms with Gasteiger partial charge in [-0.25, -0.2) is 0 Å². The van der Waals surface area contributed by atoms with Crippen LogP contribution in [0.15, 0.2) is 36.4 Å². The van der Waals surface area contributed by atoms with Gasteiger partial charge in [-0.3, -0.25) is 0 Å². The number of hydrogen-bond donors (Lipinski definition) is 0. The lowest BCUT2D eigenvalue weighted by Gasteiger charge is -2.20. The molecule has 1 aliphatic heterocycles. The van der Waals surface area contributed by atoms with Gasteiger partial charge < -0.3 is 9.47 Å². The van der Waals surface area contributed by atoms with Crippen molar-refractivity contribution in [1.29, 1.82) is 0 Å². The van der Waals surface area contributed by atoms with Crippen LogP contribution in [-0.4, -0.2) is 5.79 Å². The van der Waals surface area contributed by atoms with Gasteiger partial charge in [0.25, 0.3) is 0 Å². The van der Waals surface area contributed by atoms with Gasteiger partial charge in [0.1, 0.15) is 0 Å². The molecule has 3 rings (SSSR count). The van der Waals surface area contributed by atoms with Crippen LogP contribution in [0, 0.1) is 0 Å². The van der Waals surface area contributed by atoms with Gasteiger partial charge in [0.15, 0.2) is 11.5 Å². The maximum Gasteiger partial charge on any atom is 0.248 e. The van der Waals surface area contributed by atoms with E-state index in [-0.39, 0.29) is 0 Å². The van der Waals surface area contributed by atoms with Crippen molar-refractivity contribution in [3.8, 4) is 11.5 Å². The predicted octanol–water partition coefficient (Wildman–Crippen LogP) is 3.74. The van der Waals surface area contributed by atoms with Crippen LogP contribution in [-0.2, 0) is 0 Å². The molecule has 0 atom stereocenters. The Bertz CT molecular complexity index is 501. The van der Waals surface area contributed by atoms with Gasteiger partial charge in [0.2, 0.25) is 5.79 Å². The molecular weight excluding hydrogens is 200 g/mol. The fourth-order valence-corrected chi connectivity index (χ4v) is 1.99. The lowest BCUT2D eigenvalue weighted by atomic mass is 10.1. The Balaban J connectivity index is 2.15. The summed E-state index contributed by atoms with van der Waals surface area (Å²) in [7, 11) is 0. The fourth-order valence-electron chi connectivity index (χ4n) is 1.99. The second-order valence-corrected chi connectivity index (χ2v) is 4.34. The van der Waals surface area contributed by atoms with Crippen molar-refractivity contribution >= 4 is 10.8 Å². The van der Waals surface area contributed by atoms with E-state index >= 15 is 0 Å². The first kappa shape index (κ1) is 9.52. The van der Waals surface area contributed by atoms with Gasteiger partial charge in [0, 0.05) is 13.3 Å². The molecule has 1 aliphatic rings. The summed E-state index contributed by atoms with van der Waals surface area (Å²) in [5.74, 6) is 1.20. The summed E-state index contributed by atoms with van der Waals surface area (Å²) in [6.45, 7) is 4.03. The van der Waals surface area contributed by atoms with Gasteiger partial charge in [-0.1, -0.05) is 31.2 Å². The highest BCUT2D eigenvalue weighted by molar-refractivity contribution is 5.86. The van der Waals surface area contributed by atoms with Crippen molar-refractivity contribution in [2.24, 2.45) is 0 Å². The zero-order chi connectivity index (χ0) is 11.2. The monoisotopic (exact) mass is 214 g/mol. The average Bonchev–Trinajstić information content (AvgIpc) is 2.62. The molecule has 2 nitrogen and oxygen atoms in total. The normalized spacial score (nSPS) is 16.6. The second-order valence-electron chi connectivity index (χ2n) is 4.34. The summed E-state index contributed by atoms with van der Waals surface area (Å²) >= 11 is 0. The maximum atomic E-state index is 5.83. The van der Waals surface area contributed by atoms with Gasteiger partial charge in [0.05, 0.1) is 0 Å². The molecule has 1 heterocycles. The van der Waals surface area contributed by atoms with E-state index in [0.29, 0.717) is 0 Å². The van der Waals surface area contributed by atoms with Crippen molar-refractivity contribution in [2.75, 3.05) is 0 Å². The molecule has 0 aromatic heterocycles. The Morgan fingerprint density at radius 3 is 1.94 bits per heavy atom. The molecule has 0 spiro atoms. The van der Waals surface area contributed by atoms with Crippen LogP contribution in [0.25, 0.3) is 10.8 Å². The summed E-state index contributed by atoms with van der Waals surface area (Å²) < 4.78 is 11.7. The zero-order valence-corrected chi connectivity index (χ0v) is 9.49. The standard InChI is InChI=1S/C14H14O2/c1-3-14(2)15-12-8-10-6-4-5-7-11(10)9-13(12)16-14/h4-9H,3H2,1-2H3. The summed E-state index contributed by atoms with van der Waals surface area (Å²) in [5, 5.41) is 2.37. The molecule has 0 unspecified atom stereocenters.